The molecule has 0 spiro atoms. The Morgan fingerprint density at radius 3 is 1.89 bits per heavy atom. The number of nitrogens with one attached hydrogen (secondary N) is 1. The van der Waals surface area contributed by atoms with Gasteiger partial charge in [-0.25, -0.2) is 0 Å². The minimum absolute atomic E-state index is 0.301. The zero-order chi connectivity index (χ0) is 25.0. The molecule has 0 saturated carbocycles. The molecule has 1 aliphatic rings. The van der Waals surface area contributed by atoms with Crippen molar-refractivity contribution in [2.24, 2.45) is 0 Å². The number of fused-ring (bicyclic) bond motifs is 1. The maximum Gasteiger partial charge on any atom is 0.321 e. The van der Waals surface area contributed by atoms with Crippen LogP contribution in [-0.4, -0.2) is 23.7 Å². The second-order valence-corrected chi connectivity index (χ2v) is 9.16. The summed E-state index contributed by atoms with van der Waals surface area (Å²) in [6.45, 7) is 0.625. The van der Waals surface area contributed by atoms with E-state index in [4.69, 9.17) is 10.5 Å². The summed E-state index contributed by atoms with van der Waals surface area (Å²) in [4.78, 5) is 12.8. The van der Waals surface area contributed by atoms with Gasteiger partial charge in [0, 0.05) is 0 Å². The molecule has 0 saturated heterocycles. The molecule has 1 atom stereocenters. The standard InChI is InChI=1S/C31H30N2O3/c32-27-19-18-22(26-17-10-20-36-29(26)27)21-28(30(34)35)33-31(23-11-4-1-5-12-23,24-13-6-2-7-14-24)25-15-8-3-9-16-25/h1-9,11-16,18-19,28,33H,10,17,20-21,32H2,(H,34,35). The number of ether oxygens (including phenoxy) is 1. The van der Waals surface area contributed by atoms with Gasteiger partial charge in [0.2, 0.25) is 0 Å². The fourth-order valence-electron chi connectivity index (χ4n) is 5.24. The van der Waals surface area contributed by atoms with Gasteiger partial charge in [0.15, 0.2) is 0 Å². The molecule has 1 heterocycles. The van der Waals surface area contributed by atoms with Crippen LogP contribution in [-0.2, 0) is 23.2 Å². The van der Waals surface area contributed by atoms with Gasteiger partial charge in [0.25, 0.3) is 0 Å². The molecular weight excluding hydrogens is 448 g/mol. The molecule has 1 aliphatic heterocycles. The first-order valence-corrected chi connectivity index (χ1v) is 12.3. The Labute approximate surface area is 211 Å². The quantitative estimate of drug-likeness (QED) is 0.240. The minimum Gasteiger partial charge on any atom is -0.491 e. The van der Waals surface area contributed by atoms with Crippen LogP contribution >= 0.6 is 0 Å². The number of hydrogen-bond acceptors (Lipinski definition) is 4. The summed E-state index contributed by atoms with van der Waals surface area (Å²) in [5, 5.41) is 14.1. The van der Waals surface area contributed by atoms with Crippen molar-refractivity contribution in [3.05, 3.63) is 131 Å². The molecule has 0 amide bonds. The number of nitrogen functional groups attached to an aromatic ring is 1. The molecule has 4 aromatic carbocycles. The van der Waals surface area contributed by atoms with Crippen LogP contribution < -0.4 is 15.8 Å². The molecule has 0 aromatic heterocycles. The Balaban J connectivity index is 1.65. The second kappa shape index (κ2) is 10.3. The summed E-state index contributed by atoms with van der Waals surface area (Å²) in [6.07, 6.45) is 2.01. The van der Waals surface area contributed by atoms with Crippen molar-refractivity contribution in [1.82, 2.24) is 5.32 Å². The van der Waals surface area contributed by atoms with E-state index in [0.29, 0.717) is 24.5 Å². The van der Waals surface area contributed by atoms with E-state index in [1.807, 2.05) is 103 Å². The molecule has 5 nitrogen and oxygen atoms in total. The maximum atomic E-state index is 12.8. The molecule has 4 aromatic rings. The van der Waals surface area contributed by atoms with Crippen molar-refractivity contribution >= 4 is 11.7 Å². The van der Waals surface area contributed by atoms with Gasteiger partial charge in [-0.3, -0.25) is 10.1 Å². The normalized spacial score (nSPS) is 13.9. The Bertz CT molecular complexity index is 1230. The lowest BCUT2D eigenvalue weighted by Crippen LogP contribution is -2.53. The average Bonchev–Trinajstić information content (AvgIpc) is 2.94. The van der Waals surface area contributed by atoms with Gasteiger partial charge in [-0.05, 0) is 53.1 Å². The predicted molar refractivity (Wildman–Crippen MR) is 142 cm³/mol. The predicted octanol–water partition coefficient (Wildman–Crippen LogP) is 5.17. The first-order chi connectivity index (χ1) is 17.6. The molecular formula is C31H30N2O3. The second-order valence-electron chi connectivity index (χ2n) is 9.16. The molecule has 4 N–H and O–H groups in total. The van der Waals surface area contributed by atoms with Gasteiger partial charge in [-0.2, -0.15) is 0 Å². The number of anilines is 1. The number of benzene rings is 4. The lowest BCUT2D eigenvalue weighted by Gasteiger charge is -2.39. The summed E-state index contributed by atoms with van der Waals surface area (Å²) in [5.41, 5.74) is 10.8. The monoisotopic (exact) mass is 478 g/mol. The van der Waals surface area contributed by atoms with E-state index in [1.54, 1.807) is 0 Å². The van der Waals surface area contributed by atoms with Crippen LogP contribution in [0.15, 0.2) is 103 Å². The Hall–Kier alpha value is -4.09. The van der Waals surface area contributed by atoms with Crippen molar-refractivity contribution < 1.29 is 14.6 Å². The first-order valence-electron chi connectivity index (χ1n) is 12.3. The lowest BCUT2D eigenvalue weighted by molar-refractivity contribution is -0.139. The van der Waals surface area contributed by atoms with E-state index in [-0.39, 0.29) is 0 Å². The van der Waals surface area contributed by atoms with E-state index < -0.39 is 17.6 Å². The van der Waals surface area contributed by atoms with Crippen LogP contribution in [0.25, 0.3) is 0 Å². The number of carboxylic acids is 1. The molecule has 182 valence electrons. The van der Waals surface area contributed by atoms with E-state index in [2.05, 4.69) is 5.32 Å². The molecule has 0 aliphatic carbocycles. The van der Waals surface area contributed by atoms with Crippen LogP contribution in [0.2, 0.25) is 0 Å². The number of nitrogens with two attached hydrogens (primary N) is 1. The van der Waals surface area contributed by atoms with E-state index in [1.165, 1.54) is 0 Å². The van der Waals surface area contributed by atoms with Crippen LogP contribution in [0.3, 0.4) is 0 Å². The highest BCUT2D eigenvalue weighted by molar-refractivity contribution is 5.75. The number of carbonyl (C=O) groups is 1. The molecule has 0 radical (unpaired) electrons. The number of carboxylic acid groups (broad SMARTS) is 1. The van der Waals surface area contributed by atoms with Crippen LogP contribution in [0.1, 0.15) is 34.2 Å². The minimum atomic E-state index is -0.913. The fraction of sp³-hybridized carbons (Fsp3) is 0.194. The fourth-order valence-corrected chi connectivity index (χ4v) is 5.24. The van der Waals surface area contributed by atoms with Gasteiger partial charge >= 0.3 is 5.97 Å². The van der Waals surface area contributed by atoms with Gasteiger partial charge in [0.1, 0.15) is 11.8 Å². The summed E-state index contributed by atoms with van der Waals surface area (Å²) in [7, 11) is 0. The Morgan fingerprint density at radius 2 is 1.39 bits per heavy atom. The highest BCUT2D eigenvalue weighted by Gasteiger charge is 2.40. The summed E-state index contributed by atoms with van der Waals surface area (Å²) in [5.74, 6) is -0.215. The van der Waals surface area contributed by atoms with E-state index >= 15 is 0 Å². The summed E-state index contributed by atoms with van der Waals surface area (Å²) < 4.78 is 5.85. The summed E-state index contributed by atoms with van der Waals surface area (Å²) in [6, 6.07) is 33.0. The molecule has 5 rings (SSSR count). The average molecular weight is 479 g/mol. The van der Waals surface area contributed by atoms with Crippen LogP contribution in [0.4, 0.5) is 5.69 Å². The zero-order valence-electron chi connectivity index (χ0n) is 20.1. The zero-order valence-corrected chi connectivity index (χ0v) is 20.1. The maximum absolute atomic E-state index is 12.8. The van der Waals surface area contributed by atoms with Gasteiger partial charge in [-0.1, -0.05) is 97.1 Å². The third-order valence-corrected chi connectivity index (χ3v) is 6.94. The number of hydrogen-bond donors (Lipinski definition) is 3. The largest absolute Gasteiger partial charge is 0.491 e. The summed E-state index contributed by atoms with van der Waals surface area (Å²) >= 11 is 0. The topological polar surface area (TPSA) is 84.6 Å². The first kappa shape index (κ1) is 23.6. The SMILES string of the molecule is Nc1ccc(CC(NC(c2ccccc2)(c2ccccc2)c2ccccc2)C(=O)O)c2c1OCCC2. The lowest BCUT2D eigenvalue weighted by atomic mass is 9.76. The van der Waals surface area contributed by atoms with Crippen LogP contribution in [0.5, 0.6) is 5.75 Å². The van der Waals surface area contributed by atoms with Crippen molar-refractivity contribution in [2.75, 3.05) is 12.3 Å². The van der Waals surface area contributed by atoms with Crippen molar-refractivity contribution in [3.63, 3.8) is 0 Å². The number of aliphatic carboxylic acids is 1. The van der Waals surface area contributed by atoms with E-state index in [0.717, 1.165) is 40.7 Å². The van der Waals surface area contributed by atoms with Crippen molar-refractivity contribution in [3.8, 4) is 5.75 Å². The van der Waals surface area contributed by atoms with Gasteiger partial charge in [0.05, 0.1) is 17.8 Å². The molecule has 0 fully saturated rings. The molecule has 5 heteroatoms. The van der Waals surface area contributed by atoms with Crippen molar-refractivity contribution in [1.29, 1.82) is 0 Å². The van der Waals surface area contributed by atoms with Crippen LogP contribution in [0, 0.1) is 0 Å². The Kier molecular flexibility index (Phi) is 6.74. The highest BCUT2D eigenvalue weighted by Crippen LogP contribution is 2.38. The third-order valence-electron chi connectivity index (χ3n) is 6.94. The highest BCUT2D eigenvalue weighted by atomic mass is 16.5. The van der Waals surface area contributed by atoms with E-state index in [9.17, 15) is 9.90 Å². The Morgan fingerprint density at radius 1 is 0.861 bits per heavy atom. The smallest absolute Gasteiger partial charge is 0.321 e. The number of rotatable bonds is 8. The van der Waals surface area contributed by atoms with Gasteiger partial charge < -0.3 is 15.6 Å². The third kappa shape index (κ3) is 4.45. The molecule has 0 bridgehead atoms. The van der Waals surface area contributed by atoms with Gasteiger partial charge in [-0.15, -0.1) is 0 Å². The molecule has 1 unspecified atom stereocenters. The molecule has 36 heavy (non-hydrogen) atoms. The van der Waals surface area contributed by atoms with Crippen molar-refractivity contribution in [2.45, 2.75) is 30.8 Å².